The Morgan fingerprint density at radius 2 is 2.21 bits per heavy atom. The summed E-state index contributed by atoms with van der Waals surface area (Å²) in [6.07, 6.45) is 1.55. The summed E-state index contributed by atoms with van der Waals surface area (Å²) in [6, 6.07) is 0.869. The zero-order valence-electron chi connectivity index (χ0n) is 8.86. The van der Waals surface area contributed by atoms with Gasteiger partial charge in [-0.05, 0) is 20.8 Å². The summed E-state index contributed by atoms with van der Waals surface area (Å²) in [4.78, 5) is 10.7. The Labute approximate surface area is 84.2 Å². The highest BCUT2D eigenvalue weighted by atomic mass is 15.2. The lowest BCUT2D eigenvalue weighted by Crippen LogP contribution is -2.27. The second-order valence-electron chi connectivity index (χ2n) is 4.06. The van der Waals surface area contributed by atoms with E-state index in [2.05, 4.69) is 35.6 Å². The molecule has 0 bridgehead atoms. The zero-order valence-corrected chi connectivity index (χ0v) is 8.86. The number of anilines is 1. The van der Waals surface area contributed by atoms with E-state index in [9.17, 15) is 0 Å². The molecule has 0 fully saturated rings. The standard InChI is InChI=1S/C10H16N4/c1-6(2)14-4-8-9(7(14)3)12-5-13-10(8)11/h5-7H,4H2,1-3H3,(H2,11,12,13). The highest BCUT2D eigenvalue weighted by Gasteiger charge is 2.31. The monoisotopic (exact) mass is 192 g/mol. The third-order valence-electron chi connectivity index (χ3n) is 2.91. The lowest BCUT2D eigenvalue weighted by atomic mass is 10.2. The Balaban J connectivity index is 2.40. The van der Waals surface area contributed by atoms with Gasteiger partial charge in [0, 0.05) is 18.2 Å². The van der Waals surface area contributed by atoms with Gasteiger partial charge < -0.3 is 5.73 Å². The van der Waals surface area contributed by atoms with Crippen LogP contribution in [0.1, 0.15) is 38.1 Å². The first-order valence-electron chi connectivity index (χ1n) is 4.96. The maximum atomic E-state index is 5.82. The molecule has 4 nitrogen and oxygen atoms in total. The predicted octanol–water partition coefficient (Wildman–Crippen LogP) is 1.34. The molecule has 76 valence electrons. The van der Waals surface area contributed by atoms with Gasteiger partial charge in [0.1, 0.15) is 12.1 Å². The lowest BCUT2D eigenvalue weighted by Gasteiger charge is -2.24. The molecule has 1 aliphatic heterocycles. The van der Waals surface area contributed by atoms with E-state index in [-0.39, 0.29) is 0 Å². The van der Waals surface area contributed by atoms with Crippen LogP contribution in [0.2, 0.25) is 0 Å². The normalized spacial score (nSPS) is 21.6. The first-order chi connectivity index (χ1) is 6.61. The molecule has 1 aliphatic rings. The first-order valence-corrected chi connectivity index (χ1v) is 4.96. The van der Waals surface area contributed by atoms with Crippen molar-refractivity contribution in [3.63, 3.8) is 0 Å². The highest BCUT2D eigenvalue weighted by Crippen LogP contribution is 2.34. The summed E-state index contributed by atoms with van der Waals surface area (Å²) in [6.45, 7) is 7.41. The molecule has 2 rings (SSSR count). The molecule has 1 atom stereocenters. The Hall–Kier alpha value is -1.16. The van der Waals surface area contributed by atoms with Crippen molar-refractivity contribution in [1.82, 2.24) is 14.9 Å². The number of aromatic nitrogens is 2. The fourth-order valence-corrected chi connectivity index (χ4v) is 2.07. The quantitative estimate of drug-likeness (QED) is 0.729. The molecule has 4 heteroatoms. The Morgan fingerprint density at radius 1 is 1.50 bits per heavy atom. The van der Waals surface area contributed by atoms with E-state index in [1.807, 2.05) is 0 Å². The van der Waals surface area contributed by atoms with Crippen LogP contribution in [0.3, 0.4) is 0 Å². The summed E-state index contributed by atoms with van der Waals surface area (Å²) in [5.41, 5.74) is 8.01. The molecular formula is C10H16N4. The van der Waals surface area contributed by atoms with E-state index in [0.29, 0.717) is 17.9 Å². The van der Waals surface area contributed by atoms with Gasteiger partial charge in [-0.15, -0.1) is 0 Å². The number of hydrogen-bond acceptors (Lipinski definition) is 4. The van der Waals surface area contributed by atoms with E-state index in [4.69, 9.17) is 5.73 Å². The molecule has 0 aliphatic carbocycles. The van der Waals surface area contributed by atoms with Crippen molar-refractivity contribution in [3.8, 4) is 0 Å². The van der Waals surface area contributed by atoms with Crippen LogP contribution in [-0.2, 0) is 6.54 Å². The second-order valence-corrected chi connectivity index (χ2v) is 4.06. The third-order valence-corrected chi connectivity index (χ3v) is 2.91. The van der Waals surface area contributed by atoms with Crippen molar-refractivity contribution in [3.05, 3.63) is 17.6 Å². The van der Waals surface area contributed by atoms with E-state index in [1.54, 1.807) is 6.33 Å². The largest absolute Gasteiger partial charge is 0.383 e. The van der Waals surface area contributed by atoms with E-state index < -0.39 is 0 Å². The van der Waals surface area contributed by atoms with Gasteiger partial charge in [-0.3, -0.25) is 4.90 Å². The average molecular weight is 192 g/mol. The van der Waals surface area contributed by atoms with Crippen molar-refractivity contribution >= 4 is 5.82 Å². The fourth-order valence-electron chi connectivity index (χ4n) is 2.07. The van der Waals surface area contributed by atoms with Gasteiger partial charge in [-0.2, -0.15) is 0 Å². The molecule has 1 unspecified atom stereocenters. The lowest BCUT2D eigenvalue weighted by molar-refractivity contribution is 0.178. The van der Waals surface area contributed by atoms with Crippen LogP contribution in [0, 0.1) is 0 Å². The summed E-state index contributed by atoms with van der Waals surface area (Å²) < 4.78 is 0. The van der Waals surface area contributed by atoms with Crippen LogP contribution in [-0.4, -0.2) is 20.9 Å². The number of nitrogens with zero attached hydrogens (tertiary/aromatic N) is 3. The minimum absolute atomic E-state index is 0.357. The second kappa shape index (κ2) is 3.20. The molecule has 0 radical (unpaired) electrons. The van der Waals surface area contributed by atoms with E-state index in [0.717, 1.165) is 17.8 Å². The third kappa shape index (κ3) is 1.26. The number of hydrogen-bond donors (Lipinski definition) is 1. The van der Waals surface area contributed by atoms with Crippen LogP contribution < -0.4 is 5.73 Å². The molecule has 0 amide bonds. The van der Waals surface area contributed by atoms with Crippen LogP contribution in [0.4, 0.5) is 5.82 Å². The molecular weight excluding hydrogens is 176 g/mol. The van der Waals surface area contributed by atoms with Crippen molar-refractivity contribution in [2.75, 3.05) is 5.73 Å². The Bertz CT molecular complexity index is 348. The molecule has 1 aromatic rings. The minimum atomic E-state index is 0.357. The van der Waals surface area contributed by atoms with Gasteiger partial charge in [-0.25, -0.2) is 9.97 Å². The van der Waals surface area contributed by atoms with Crippen LogP contribution in [0.15, 0.2) is 6.33 Å². The first kappa shape index (κ1) is 9.40. The number of nitrogen functional groups attached to an aromatic ring is 1. The summed E-state index contributed by atoms with van der Waals surface area (Å²) in [7, 11) is 0. The summed E-state index contributed by atoms with van der Waals surface area (Å²) in [5, 5.41) is 0. The number of fused-ring (bicyclic) bond motifs is 1. The van der Waals surface area contributed by atoms with Gasteiger partial charge in [-0.1, -0.05) is 0 Å². The van der Waals surface area contributed by atoms with Gasteiger partial charge in [0.2, 0.25) is 0 Å². The number of nitrogens with two attached hydrogens (primary N) is 1. The number of rotatable bonds is 1. The molecule has 2 heterocycles. The SMILES string of the molecule is CC(C)N1Cc2c(N)ncnc2C1C. The molecule has 2 N–H and O–H groups in total. The molecule has 1 aromatic heterocycles. The maximum Gasteiger partial charge on any atom is 0.131 e. The smallest absolute Gasteiger partial charge is 0.131 e. The van der Waals surface area contributed by atoms with Gasteiger partial charge in [0.15, 0.2) is 0 Å². The Morgan fingerprint density at radius 3 is 2.79 bits per heavy atom. The molecule has 14 heavy (non-hydrogen) atoms. The van der Waals surface area contributed by atoms with E-state index >= 15 is 0 Å². The molecule has 0 saturated heterocycles. The highest BCUT2D eigenvalue weighted by molar-refractivity contribution is 5.44. The van der Waals surface area contributed by atoms with Crippen LogP contribution in [0.25, 0.3) is 0 Å². The molecule has 0 saturated carbocycles. The van der Waals surface area contributed by atoms with Crippen LogP contribution >= 0.6 is 0 Å². The van der Waals surface area contributed by atoms with Crippen molar-refractivity contribution in [2.24, 2.45) is 0 Å². The van der Waals surface area contributed by atoms with Gasteiger partial charge >= 0.3 is 0 Å². The summed E-state index contributed by atoms with van der Waals surface area (Å²) >= 11 is 0. The fraction of sp³-hybridized carbons (Fsp3) is 0.600. The zero-order chi connectivity index (χ0) is 10.3. The molecule has 0 spiro atoms. The average Bonchev–Trinajstić information content (AvgIpc) is 2.46. The molecule has 0 aromatic carbocycles. The minimum Gasteiger partial charge on any atom is -0.383 e. The van der Waals surface area contributed by atoms with Crippen molar-refractivity contribution < 1.29 is 0 Å². The van der Waals surface area contributed by atoms with Crippen molar-refractivity contribution in [2.45, 2.75) is 39.4 Å². The van der Waals surface area contributed by atoms with Gasteiger partial charge in [0.25, 0.3) is 0 Å². The maximum absolute atomic E-state index is 5.82. The van der Waals surface area contributed by atoms with E-state index in [1.165, 1.54) is 0 Å². The van der Waals surface area contributed by atoms with Crippen LogP contribution in [0.5, 0.6) is 0 Å². The summed E-state index contributed by atoms with van der Waals surface area (Å²) in [5.74, 6) is 0.630. The topological polar surface area (TPSA) is 55.0 Å². The predicted molar refractivity (Wildman–Crippen MR) is 55.5 cm³/mol. The van der Waals surface area contributed by atoms with Crippen molar-refractivity contribution in [1.29, 1.82) is 0 Å². The Kier molecular flexibility index (Phi) is 2.15. The van der Waals surface area contributed by atoms with Gasteiger partial charge in [0.05, 0.1) is 11.7 Å².